The Morgan fingerprint density at radius 3 is 2.31 bits per heavy atom. The number of hydrogen-bond acceptors (Lipinski definition) is 5. The molecule has 1 aromatic rings. The van der Waals surface area contributed by atoms with Gasteiger partial charge in [-0.05, 0) is 44.0 Å². The zero-order valence-corrected chi connectivity index (χ0v) is 15.0. The van der Waals surface area contributed by atoms with Crippen LogP contribution in [0.2, 0.25) is 0 Å². The molecule has 0 unspecified atom stereocenters. The molecule has 7 nitrogen and oxygen atoms in total. The van der Waals surface area contributed by atoms with Crippen LogP contribution < -0.4 is 10.6 Å². The van der Waals surface area contributed by atoms with Crippen molar-refractivity contribution in [3.8, 4) is 6.07 Å². The first-order valence-corrected chi connectivity index (χ1v) is 8.67. The smallest absolute Gasteiger partial charge is 0.338 e. The minimum absolute atomic E-state index is 0.209. The van der Waals surface area contributed by atoms with Crippen LogP contribution in [0.4, 0.5) is 5.69 Å². The van der Waals surface area contributed by atoms with E-state index < -0.39 is 23.5 Å². The average Bonchev–Trinajstić information content (AvgIpc) is 2.62. The number of carbonyl (C=O) groups excluding carboxylic acids is 3. The summed E-state index contributed by atoms with van der Waals surface area (Å²) in [7, 11) is 0. The zero-order chi connectivity index (χ0) is 19.2. The molecule has 0 aromatic heterocycles. The Kier molecular flexibility index (Phi) is 6.34. The lowest BCUT2D eigenvalue weighted by molar-refractivity contribution is -0.130. The molecule has 138 valence electrons. The fraction of sp³-hybridized carbons (Fsp3) is 0.474. The number of anilines is 1. The largest absolute Gasteiger partial charge is 0.449 e. The van der Waals surface area contributed by atoms with Crippen LogP contribution in [0.3, 0.4) is 0 Å². The molecule has 0 saturated heterocycles. The summed E-state index contributed by atoms with van der Waals surface area (Å²) in [6, 6.07) is 8.38. The van der Waals surface area contributed by atoms with Crippen LogP contribution in [0.5, 0.6) is 0 Å². The normalized spacial score (nSPS) is 16.7. The van der Waals surface area contributed by atoms with Gasteiger partial charge in [-0.15, -0.1) is 0 Å². The standard InChI is InChI=1S/C19H23N3O4/c1-13(17(24)22-19(12-20)10-4-3-5-11-19)26-18(25)15-6-8-16(9-7-15)21-14(2)23/h6-9,13H,3-5,10-11H2,1-2H3,(H,21,23)(H,22,24)/t13-/m0/s1. The van der Waals surface area contributed by atoms with Crippen molar-refractivity contribution in [2.45, 2.75) is 57.6 Å². The minimum atomic E-state index is -1.01. The molecular weight excluding hydrogens is 334 g/mol. The topological polar surface area (TPSA) is 108 Å². The van der Waals surface area contributed by atoms with Crippen molar-refractivity contribution in [3.05, 3.63) is 29.8 Å². The van der Waals surface area contributed by atoms with Crippen LogP contribution in [0.15, 0.2) is 24.3 Å². The molecule has 1 aliphatic rings. The van der Waals surface area contributed by atoms with Crippen molar-refractivity contribution < 1.29 is 19.1 Å². The summed E-state index contributed by atoms with van der Waals surface area (Å²) >= 11 is 0. The van der Waals surface area contributed by atoms with E-state index in [1.54, 1.807) is 12.1 Å². The fourth-order valence-electron chi connectivity index (χ4n) is 2.93. The summed E-state index contributed by atoms with van der Waals surface area (Å²) < 4.78 is 5.20. The van der Waals surface area contributed by atoms with Crippen LogP contribution in [-0.4, -0.2) is 29.4 Å². The van der Waals surface area contributed by atoms with Gasteiger partial charge in [-0.2, -0.15) is 5.26 Å². The highest BCUT2D eigenvalue weighted by molar-refractivity contribution is 5.94. The summed E-state index contributed by atoms with van der Waals surface area (Å²) in [5.41, 5.74) is -0.0322. The lowest BCUT2D eigenvalue weighted by Gasteiger charge is -2.32. The molecule has 1 fully saturated rings. The van der Waals surface area contributed by atoms with Crippen molar-refractivity contribution in [1.29, 1.82) is 5.26 Å². The highest BCUT2D eigenvalue weighted by atomic mass is 16.5. The van der Waals surface area contributed by atoms with Crippen LogP contribution >= 0.6 is 0 Å². The first kappa shape index (κ1) is 19.4. The van der Waals surface area contributed by atoms with Gasteiger partial charge in [0.1, 0.15) is 5.54 Å². The first-order valence-electron chi connectivity index (χ1n) is 8.67. The second kappa shape index (κ2) is 8.48. The van der Waals surface area contributed by atoms with Gasteiger partial charge in [0.05, 0.1) is 11.6 Å². The number of hydrogen-bond donors (Lipinski definition) is 2. The predicted octanol–water partition coefficient (Wildman–Crippen LogP) is 2.53. The molecule has 0 heterocycles. The monoisotopic (exact) mass is 357 g/mol. The maximum Gasteiger partial charge on any atom is 0.338 e. The Morgan fingerprint density at radius 2 is 1.77 bits per heavy atom. The van der Waals surface area contributed by atoms with Crippen molar-refractivity contribution >= 4 is 23.5 Å². The van der Waals surface area contributed by atoms with Crippen molar-refractivity contribution in [2.75, 3.05) is 5.32 Å². The van der Waals surface area contributed by atoms with E-state index in [0.29, 0.717) is 18.5 Å². The third kappa shape index (κ3) is 5.06. The zero-order valence-electron chi connectivity index (χ0n) is 15.0. The molecule has 1 aromatic carbocycles. The maximum absolute atomic E-state index is 12.3. The van der Waals surface area contributed by atoms with Crippen LogP contribution in [-0.2, 0) is 14.3 Å². The molecule has 0 spiro atoms. The number of benzene rings is 1. The highest BCUT2D eigenvalue weighted by Crippen LogP contribution is 2.27. The molecule has 7 heteroatoms. The van der Waals surface area contributed by atoms with Gasteiger partial charge < -0.3 is 15.4 Å². The lowest BCUT2D eigenvalue weighted by atomic mass is 9.83. The van der Waals surface area contributed by atoms with Gasteiger partial charge in [0.15, 0.2) is 6.10 Å². The molecule has 26 heavy (non-hydrogen) atoms. The van der Waals surface area contributed by atoms with E-state index in [0.717, 1.165) is 19.3 Å². The number of esters is 1. The number of rotatable bonds is 5. The van der Waals surface area contributed by atoms with Gasteiger partial charge >= 0.3 is 5.97 Å². The summed E-state index contributed by atoms with van der Waals surface area (Å²) in [5, 5.41) is 14.8. The molecule has 1 atom stereocenters. The van der Waals surface area contributed by atoms with E-state index in [2.05, 4.69) is 16.7 Å². The third-order valence-electron chi connectivity index (χ3n) is 4.38. The highest BCUT2D eigenvalue weighted by Gasteiger charge is 2.35. The SMILES string of the molecule is CC(=O)Nc1ccc(C(=O)O[C@@H](C)C(=O)NC2(C#N)CCCCC2)cc1. The Labute approximate surface area is 152 Å². The van der Waals surface area contributed by atoms with E-state index >= 15 is 0 Å². The number of nitrogens with zero attached hydrogens (tertiary/aromatic N) is 1. The molecule has 2 amide bonds. The summed E-state index contributed by atoms with van der Waals surface area (Å²) in [4.78, 5) is 35.5. The fourth-order valence-corrected chi connectivity index (χ4v) is 2.93. The van der Waals surface area contributed by atoms with Gasteiger partial charge in [-0.1, -0.05) is 19.3 Å². The van der Waals surface area contributed by atoms with Crippen molar-refractivity contribution in [1.82, 2.24) is 5.32 Å². The van der Waals surface area contributed by atoms with Crippen LogP contribution in [0.1, 0.15) is 56.3 Å². The summed E-state index contributed by atoms with van der Waals surface area (Å²) in [5.74, 6) is -1.33. The number of carbonyl (C=O) groups is 3. The maximum atomic E-state index is 12.3. The molecule has 1 saturated carbocycles. The van der Waals surface area contributed by atoms with Gasteiger partial charge in [0.2, 0.25) is 5.91 Å². The molecular formula is C19H23N3O4. The Morgan fingerprint density at radius 1 is 1.15 bits per heavy atom. The lowest BCUT2D eigenvalue weighted by Crippen LogP contribution is -2.52. The van der Waals surface area contributed by atoms with E-state index in [1.807, 2.05) is 0 Å². The Hall–Kier alpha value is -2.88. The molecule has 1 aliphatic carbocycles. The molecule has 0 bridgehead atoms. The van der Waals surface area contributed by atoms with Gasteiger partial charge in [0.25, 0.3) is 5.91 Å². The van der Waals surface area contributed by atoms with Gasteiger partial charge in [-0.3, -0.25) is 9.59 Å². The van der Waals surface area contributed by atoms with E-state index in [4.69, 9.17) is 4.74 Å². The second-order valence-electron chi connectivity index (χ2n) is 6.55. The number of amides is 2. The number of nitrogens with one attached hydrogen (secondary N) is 2. The molecule has 0 radical (unpaired) electrons. The molecule has 2 rings (SSSR count). The Bertz CT molecular complexity index is 715. The molecule has 2 N–H and O–H groups in total. The van der Waals surface area contributed by atoms with Gasteiger partial charge in [-0.25, -0.2) is 4.79 Å². The summed E-state index contributed by atoms with van der Waals surface area (Å²) in [6.45, 7) is 2.87. The van der Waals surface area contributed by atoms with E-state index in [9.17, 15) is 19.6 Å². The molecule has 0 aliphatic heterocycles. The third-order valence-corrected chi connectivity index (χ3v) is 4.38. The van der Waals surface area contributed by atoms with E-state index in [-0.39, 0.29) is 11.5 Å². The number of ether oxygens (including phenoxy) is 1. The van der Waals surface area contributed by atoms with E-state index in [1.165, 1.54) is 26.0 Å². The van der Waals surface area contributed by atoms with Crippen LogP contribution in [0.25, 0.3) is 0 Å². The van der Waals surface area contributed by atoms with Crippen molar-refractivity contribution in [2.24, 2.45) is 0 Å². The number of nitriles is 1. The van der Waals surface area contributed by atoms with Crippen LogP contribution in [0, 0.1) is 11.3 Å². The average molecular weight is 357 g/mol. The minimum Gasteiger partial charge on any atom is -0.449 e. The van der Waals surface area contributed by atoms with Crippen molar-refractivity contribution in [3.63, 3.8) is 0 Å². The predicted molar refractivity (Wildman–Crippen MR) is 95.2 cm³/mol. The second-order valence-corrected chi connectivity index (χ2v) is 6.55. The summed E-state index contributed by atoms with van der Waals surface area (Å²) in [6.07, 6.45) is 3.05. The quantitative estimate of drug-likeness (QED) is 0.787. The van der Waals surface area contributed by atoms with Gasteiger partial charge in [0, 0.05) is 12.6 Å². The first-order chi connectivity index (χ1) is 12.3. The Balaban J connectivity index is 1.94.